The zero-order valence-corrected chi connectivity index (χ0v) is 9.85. The van der Waals surface area contributed by atoms with Crippen molar-refractivity contribution in [2.45, 2.75) is 26.4 Å². The molecule has 0 amide bonds. The predicted octanol–water partition coefficient (Wildman–Crippen LogP) is 2.07. The summed E-state index contributed by atoms with van der Waals surface area (Å²) in [6, 6.07) is 9.33. The first-order chi connectivity index (χ1) is 8.22. The van der Waals surface area contributed by atoms with Gasteiger partial charge in [-0.15, -0.1) is 0 Å². The minimum absolute atomic E-state index is 0.199. The fourth-order valence-corrected chi connectivity index (χ4v) is 1.20. The first-order valence-electron chi connectivity index (χ1n) is 5.57. The van der Waals surface area contributed by atoms with Crippen LogP contribution < -0.4 is 0 Å². The van der Waals surface area contributed by atoms with Crippen LogP contribution in [0.4, 0.5) is 0 Å². The van der Waals surface area contributed by atoms with E-state index >= 15 is 0 Å². The van der Waals surface area contributed by atoms with Crippen LogP contribution in [0.2, 0.25) is 0 Å². The summed E-state index contributed by atoms with van der Waals surface area (Å²) in [6.45, 7) is 1.76. The second kappa shape index (κ2) is 7.44. The lowest BCUT2D eigenvalue weighted by Crippen LogP contribution is -2.16. The van der Waals surface area contributed by atoms with Gasteiger partial charge in [-0.1, -0.05) is 37.3 Å². The summed E-state index contributed by atoms with van der Waals surface area (Å²) in [6.07, 6.45) is 1.03. The Labute approximate surface area is 101 Å². The molecule has 0 aliphatic heterocycles. The molecule has 0 bridgehead atoms. The third kappa shape index (κ3) is 5.70. The van der Waals surface area contributed by atoms with Crippen molar-refractivity contribution in [3.05, 3.63) is 35.9 Å². The van der Waals surface area contributed by atoms with E-state index in [-0.39, 0.29) is 19.2 Å². The van der Waals surface area contributed by atoms with E-state index in [0.29, 0.717) is 12.8 Å². The molecular formula is C13H16O4. The highest BCUT2D eigenvalue weighted by atomic mass is 16.6. The van der Waals surface area contributed by atoms with E-state index in [2.05, 4.69) is 0 Å². The molecule has 92 valence electrons. The summed E-state index contributed by atoms with van der Waals surface area (Å²) in [5, 5.41) is 0. The quantitative estimate of drug-likeness (QED) is 0.709. The lowest BCUT2D eigenvalue weighted by atomic mass is 10.2. The summed E-state index contributed by atoms with van der Waals surface area (Å²) in [5.74, 6) is -0.900. The molecule has 0 fully saturated rings. The molecule has 1 rings (SSSR count). The minimum atomic E-state index is -0.529. The van der Waals surface area contributed by atoms with Crippen molar-refractivity contribution in [3.63, 3.8) is 0 Å². The molecule has 0 N–H and O–H groups in total. The van der Waals surface area contributed by atoms with Crippen molar-refractivity contribution in [3.8, 4) is 0 Å². The molecule has 1 aromatic rings. The second-order valence-electron chi connectivity index (χ2n) is 3.56. The topological polar surface area (TPSA) is 52.6 Å². The largest absolute Gasteiger partial charge is 0.458 e. The molecule has 0 heterocycles. The van der Waals surface area contributed by atoms with Crippen molar-refractivity contribution >= 4 is 11.9 Å². The molecule has 0 aromatic heterocycles. The molecular weight excluding hydrogens is 220 g/mol. The van der Waals surface area contributed by atoms with E-state index in [1.807, 2.05) is 37.3 Å². The molecule has 4 heteroatoms. The second-order valence-corrected chi connectivity index (χ2v) is 3.56. The molecule has 0 unspecified atom stereocenters. The van der Waals surface area contributed by atoms with Gasteiger partial charge in [0.05, 0.1) is 0 Å². The molecule has 0 aliphatic carbocycles. The molecule has 0 spiro atoms. The third-order valence-electron chi connectivity index (χ3n) is 2.05. The summed E-state index contributed by atoms with van der Waals surface area (Å²) in [7, 11) is 0. The van der Waals surface area contributed by atoms with Crippen LogP contribution in [-0.2, 0) is 25.7 Å². The fraction of sp³-hybridized carbons (Fsp3) is 0.385. The molecule has 0 saturated carbocycles. The van der Waals surface area contributed by atoms with E-state index in [9.17, 15) is 9.59 Å². The average molecular weight is 236 g/mol. The summed E-state index contributed by atoms with van der Waals surface area (Å²) in [4.78, 5) is 22.2. The van der Waals surface area contributed by atoms with E-state index in [4.69, 9.17) is 9.47 Å². The van der Waals surface area contributed by atoms with Gasteiger partial charge in [0.15, 0.2) is 6.61 Å². The monoisotopic (exact) mass is 236 g/mol. The van der Waals surface area contributed by atoms with Gasteiger partial charge >= 0.3 is 11.9 Å². The minimum Gasteiger partial charge on any atom is -0.458 e. The third-order valence-corrected chi connectivity index (χ3v) is 2.05. The average Bonchev–Trinajstić information content (AvgIpc) is 2.35. The zero-order valence-electron chi connectivity index (χ0n) is 9.85. The van der Waals surface area contributed by atoms with Crippen LogP contribution in [0.1, 0.15) is 25.3 Å². The van der Waals surface area contributed by atoms with Crippen molar-refractivity contribution in [1.82, 2.24) is 0 Å². The Morgan fingerprint density at radius 2 is 1.76 bits per heavy atom. The van der Waals surface area contributed by atoms with Crippen molar-refractivity contribution in [2.24, 2.45) is 0 Å². The van der Waals surface area contributed by atoms with Crippen LogP contribution >= 0.6 is 0 Å². The number of benzene rings is 1. The van der Waals surface area contributed by atoms with Crippen molar-refractivity contribution in [1.29, 1.82) is 0 Å². The van der Waals surface area contributed by atoms with Gasteiger partial charge in [-0.3, -0.25) is 4.79 Å². The van der Waals surface area contributed by atoms with Gasteiger partial charge in [-0.2, -0.15) is 0 Å². The van der Waals surface area contributed by atoms with Crippen LogP contribution in [0.5, 0.6) is 0 Å². The highest BCUT2D eigenvalue weighted by Gasteiger charge is 2.07. The number of rotatable bonds is 6. The highest BCUT2D eigenvalue weighted by Crippen LogP contribution is 2.01. The Kier molecular flexibility index (Phi) is 5.79. The standard InChI is InChI=1S/C13H16O4/c1-2-6-12(14)17-10-13(15)16-9-11-7-4-3-5-8-11/h3-5,7-8H,2,6,9-10H2,1H3. The fourth-order valence-electron chi connectivity index (χ4n) is 1.20. The molecule has 0 saturated heterocycles. The molecule has 0 radical (unpaired) electrons. The lowest BCUT2D eigenvalue weighted by molar-refractivity contribution is -0.159. The van der Waals surface area contributed by atoms with Crippen LogP contribution in [-0.4, -0.2) is 18.5 Å². The first-order valence-corrected chi connectivity index (χ1v) is 5.57. The number of hydrogen-bond acceptors (Lipinski definition) is 4. The van der Waals surface area contributed by atoms with Gasteiger partial charge in [-0.25, -0.2) is 4.79 Å². The van der Waals surface area contributed by atoms with Crippen LogP contribution in [0.15, 0.2) is 30.3 Å². The van der Waals surface area contributed by atoms with Gasteiger partial charge in [-0.05, 0) is 12.0 Å². The molecule has 0 atom stereocenters. The Bertz CT molecular complexity index is 359. The number of esters is 2. The van der Waals surface area contributed by atoms with Gasteiger partial charge in [0, 0.05) is 6.42 Å². The number of ether oxygens (including phenoxy) is 2. The van der Waals surface area contributed by atoms with Gasteiger partial charge in [0.2, 0.25) is 0 Å². The normalized spacial score (nSPS) is 9.71. The summed E-state index contributed by atoms with van der Waals surface area (Å²) < 4.78 is 9.66. The Hall–Kier alpha value is -1.84. The van der Waals surface area contributed by atoms with Crippen LogP contribution in [0, 0.1) is 0 Å². The Morgan fingerprint density at radius 3 is 2.41 bits per heavy atom. The van der Waals surface area contributed by atoms with E-state index in [1.165, 1.54) is 0 Å². The van der Waals surface area contributed by atoms with Gasteiger partial charge in [0.25, 0.3) is 0 Å². The predicted molar refractivity (Wildman–Crippen MR) is 62.1 cm³/mol. The van der Waals surface area contributed by atoms with Crippen LogP contribution in [0.3, 0.4) is 0 Å². The van der Waals surface area contributed by atoms with Crippen LogP contribution in [0.25, 0.3) is 0 Å². The number of carbonyl (C=O) groups is 2. The Morgan fingerprint density at radius 1 is 1.06 bits per heavy atom. The lowest BCUT2D eigenvalue weighted by Gasteiger charge is -2.05. The van der Waals surface area contributed by atoms with Gasteiger partial charge in [0.1, 0.15) is 6.61 Å². The van der Waals surface area contributed by atoms with E-state index in [0.717, 1.165) is 5.56 Å². The summed E-state index contributed by atoms with van der Waals surface area (Å²) >= 11 is 0. The molecule has 17 heavy (non-hydrogen) atoms. The molecule has 1 aromatic carbocycles. The van der Waals surface area contributed by atoms with Gasteiger partial charge < -0.3 is 9.47 Å². The van der Waals surface area contributed by atoms with E-state index < -0.39 is 5.97 Å². The number of carbonyl (C=O) groups excluding carboxylic acids is 2. The smallest absolute Gasteiger partial charge is 0.344 e. The first kappa shape index (κ1) is 13.2. The number of hydrogen-bond donors (Lipinski definition) is 0. The maximum Gasteiger partial charge on any atom is 0.344 e. The zero-order chi connectivity index (χ0) is 12.5. The van der Waals surface area contributed by atoms with Crippen molar-refractivity contribution < 1.29 is 19.1 Å². The van der Waals surface area contributed by atoms with Crippen molar-refractivity contribution in [2.75, 3.05) is 6.61 Å². The SMILES string of the molecule is CCCC(=O)OCC(=O)OCc1ccccc1. The molecule has 0 aliphatic rings. The van der Waals surface area contributed by atoms with E-state index in [1.54, 1.807) is 0 Å². The maximum atomic E-state index is 11.2. The Balaban J connectivity index is 2.20. The highest BCUT2D eigenvalue weighted by molar-refractivity contribution is 5.76. The molecule has 4 nitrogen and oxygen atoms in total. The summed E-state index contributed by atoms with van der Waals surface area (Å²) in [5.41, 5.74) is 0.903. The maximum absolute atomic E-state index is 11.2.